The molecule has 0 aliphatic rings. The van der Waals surface area contributed by atoms with Crippen molar-refractivity contribution in [2.24, 2.45) is 0 Å². The van der Waals surface area contributed by atoms with Crippen LogP contribution in [-0.2, 0) is 4.79 Å². The van der Waals surface area contributed by atoms with Gasteiger partial charge in [-0.3, -0.25) is 4.79 Å². The second-order valence-corrected chi connectivity index (χ2v) is 7.25. The van der Waals surface area contributed by atoms with Gasteiger partial charge in [-0.05, 0) is 40.2 Å². The van der Waals surface area contributed by atoms with Gasteiger partial charge in [0.05, 0.1) is 22.0 Å². The Morgan fingerprint density at radius 3 is 3.00 bits per heavy atom. The van der Waals surface area contributed by atoms with Crippen LogP contribution in [0.4, 0.5) is 5.69 Å². The number of nitrogens with one attached hydrogen (secondary N) is 2. The number of H-pyrrole nitrogens is 1. The highest BCUT2D eigenvalue weighted by atomic mass is 79.9. The summed E-state index contributed by atoms with van der Waals surface area (Å²) in [6.45, 7) is 0. The Hall–Kier alpha value is -1.28. The normalized spacial score (nSPS) is 10.9. The lowest BCUT2D eigenvalue weighted by Gasteiger charge is -2.06. The molecule has 1 amide bonds. The Labute approximate surface area is 154 Å². The van der Waals surface area contributed by atoms with E-state index in [1.54, 1.807) is 24.4 Å². The van der Waals surface area contributed by atoms with E-state index >= 15 is 0 Å². The maximum absolute atomic E-state index is 12.0. The second-order valence-electron chi connectivity index (χ2n) is 4.53. The summed E-state index contributed by atoms with van der Waals surface area (Å²) in [6.07, 6.45) is 1.67. The van der Waals surface area contributed by atoms with Crippen molar-refractivity contribution in [3.05, 3.63) is 45.0 Å². The lowest BCUT2D eigenvalue weighted by Crippen LogP contribution is -2.14. The van der Waals surface area contributed by atoms with Crippen LogP contribution in [0.3, 0.4) is 0 Å². The summed E-state index contributed by atoms with van der Waals surface area (Å²) >= 11 is 16.5. The number of aromatic amines is 1. The standard InChI is InChI=1S/C14H9BrCl2N4OS/c15-7-3-11-13(18-5-7)21-14(20-11)23-6-12(22)19-10-4-8(16)1-2-9(10)17/h1-5H,6H2,(H,19,22)(H,18,20,21). The molecular formula is C14H9BrCl2N4OS. The van der Waals surface area contributed by atoms with Gasteiger partial charge < -0.3 is 10.3 Å². The zero-order chi connectivity index (χ0) is 16.4. The summed E-state index contributed by atoms with van der Waals surface area (Å²) < 4.78 is 0.860. The van der Waals surface area contributed by atoms with E-state index in [2.05, 4.69) is 36.2 Å². The Bertz CT molecular complexity index is 886. The van der Waals surface area contributed by atoms with Crippen molar-refractivity contribution in [1.29, 1.82) is 0 Å². The van der Waals surface area contributed by atoms with Gasteiger partial charge in [0.1, 0.15) is 0 Å². The molecule has 118 valence electrons. The van der Waals surface area contributed by atoms with E-state index in [4.69, 9.17) is 23.2 Å². The largest absolute Gasteiger partial charge is 0.331 e. The molecule has 0 radical (unpaired) electrons. The van der Waals surface area contributed by atoms with E-state index in [1.807, 2.05) is 6.07 Å². The Kier molecular flexibility index (Phi) is 5.11. The van der Waals surface area contributed by atoms with E-state index in [-0.39, 0.29) is 11.7 Å². The molecule has 0 spiro atoms. The Morgan fingerprint density at radius 2 is 2.17 bits per heavy atom. The number of amides is 1. The number of aromatic nitrogens is 3. The zero-order valence-electron chi connectivity index (χ0n) is 11.4. The number of anilines is 1. The zero-order valence-corrected chi connectivity index (χ0v) is 15.4. The molecule has 0 atom stereocenters. The number of imidazole rings is 1. The first-order valence-electron chi connectivity index (χ1n) is 6.40. The Balaban J connectivity index is 1.64. The van der Waals surface area contributed by atoms with Gasteiger partial charge in [0.2, 0.25) is 5.91 Å². The number of pyridine rings is 1. The van der Waals surface area contributed by atoms with E-state index in [0.29, 0.717) is 26.5 Å². The molecule has 0 fully saturated rings. The topological polar surface area (TPSA) is 70.7 Å². The first-order chi connectivity index (χ1) is 11.0. The van der Waals surface area contributed by atoms with Crippen molar-refractivity contribution >= 4 is 73.7 Å². The van der Waals surface area contributed by atoms with Crippen molar-refractivity contribution in [3.63, 3.8) is 0 Å². The molecule has 0 saturated carbocycles. The maximum atomic E-state index is 12.0. The number of rotatable bonds is 4. The summed E-state index contributed by atoms with van der Waals surface area (Å²) in [5, 5.41) is 4.29. The molecule has 0 aliphatic heterocycles. The average Bonchev–Trinajstić information content (AvgIpc) is 2.91. The van der Waals surface area contributed by atoms with Crippen LogP contribution in [0, 0.1) is 0 Å². The summed E-state index contributed by atoms with van der Waals surface area (Å²) in [6, 6.07) is 6.78. The summed E-state index contributed by atoms with van der Waals surface area (Å²) in [7, 11) is 0. The molecule has 2 N–H and O–H groups in total. The lowest BCUT2D eigenvalue weighted by atomic mass is 10.3. The third kappa shape index (κ3) is 4.17. The minimum absolute atomic E-state index is 0.184. The number of nitrogens with zero attached hydrogens (tertiary/aromatic N) is 2. The molecule has 5 nitrogen and oxygen atoms in total. The van der Waals surface area contributed by atoms with Gasteiger partial charge in [0, 0.05) is 15.7 Å². The summed E-state index contributed by atoms with van der Waals surface area (Å²) in [5.41, 5.74) is 1.90. The molecule has 2 aromatic heterocycles. The van der Waals surface area contributed by atoms with Crippen LogP contribution in [0.1, 0.15) is 0 Å². The van der Waals surface area contributed by atoms with Gasteiger partial charge >= 0.3 is 0 Å². The second kappa shape index (κ2) is 7.09. The number of carbonyl (C=O) groups excluding carboxylic acids is 1. The van der Waals surface area contributed by atoms with Crippen molar-refractivity contribution in [2.45, 2.75) is 5.16 Å². The number of hydrogen-bond acceptors (Lipinski definition) is 4. The fourth-order valence-electron chi connectivity index (χ4n) is 1.83. The van der Waals surface area contributed by atoms with Crippen LogP contribution in [0.25, 0.3) is 11.2 Å². The number of thioether (sulfide) groups is 1. The van der Waals surface area contributed by atoms with Gasteiger partial charge in [0.15, 0.2) is 10.8 Å². The smallest absolute Gasteiger partial charge is 0.234 e. The van der Waals surface area contributed by atoms with Gasteiger partial charge in [0.25, 0.3) is 0 Å². The molecule has 23 heavy (non-hydrogen) atoms. The molecular weight excluding hydrogens is 423 g/mol. The molecule has 1 aromatic carbocycles. The van der Waals surface area contributed by atoms with Crippen molar-refractivity contribution in [1.82, 2.24) is 15.0 Å². The predicted octanol–water partition coefficient (Wildman–Crippen LogP) is 4.76. The Morgan fingerprint density at radius 1 is 1.35 bits per heavy atom. The van der Waals surface area contributed by atoms with Gasteiger partial charge in [-0.15, -0.1) is 0 Å². The van der Waals surface area contributed by atoms with E-state index in [1.165, 1.54) is 11.8 Å². The minimum atomic E-state index is -0.200. The highest BCUT2D eigenvalue weighted by Crippen LogP contribution is 2.26. The highest BCUT2D eigenvalue weighted by molar-refractivity contribution is 9.10. The number of fused-ring (bicyclic) bond motifs is 1. The number of halogens is 3. The van der Waals surface area contributed by atoms with Crippen LogP contribution in [-0.4, -0.2) is 26.6 Å². The third-order valence-corrected chi connectivity index (χ3v) is 4.70. The summed E-state index contributed by atoms with van der Waals surface area (Å²) in [4.78, 5) is 23.6. The average molecular weight is 432 g/mol. The monoisotopic (exact) mass is 430 g/mol. The quantitative estimate of drug-likeness (QED) is 0.584. The molecule has 3 aromatic rings. The van der Waals surface area contributed by atoms with Crippen molar-refractivity contribution in [3.8, 4) is 0 Å². The molecule has 9 heteroatoms. The van der Waals surface area contributed by atoms with Gasteiger partial charge in [-0.1, -0.05) is 35.0 Å². The number of benzene rings is 1. The van der Waals surface area contributed by atoms with E-state index in [0.717, 1.165) is 9.99 Å². The van der Waals surface area contributed by atoms with Crippen LogP contribution < -0.4 is 5.32 Å². The number of hydrogen-bond donors (Lipinski definition) is 2. The molecule has 0 saturated heterocycles. The minimum Gasteiger partial charge on any atom is -0.331 e. The van der Waals surface area contributed by atoms with E-state index in [9.17, 15) is 4.79 Å². The van der Waals surface area contributed by atoms with E-state index < -0.39 is 0 Å². The number of carbonyl (C=O) groups is 1. The maximum Gasteiger partial charge on any atom is 0.234 e. The van der Waals surface area contributed by atoms with Gasteiger partial charge in [-0.2, -0.15) is 0 Å². The fourth-order valence-corrected chi connectivity index (χ4v) is 3.18. The molecule has 2 heterocycles. The molecule has 0 aliphatic carbocycles. The summed E-state index contributed by atoms with van der Waals surface area (Å²) in [5.74, 6) is -0.0159. The molecule has 3 rings (SSSR count). The highest BCUT2D eigenvalue weighted by Gasteiger charge is 2.10. The molecule has 0 bridgehead atoms. The van der Waals surface area contributed by atoms with Gasteiger partial charge in [-0.25, -0.2) is 9.97 Å². The molecule has 0 unspecified atom stereocenters. The SMILES string of the molecule is O=C(CSc1nc2ncc(Br)cc2[nH]1)Nc1cc(Cl)ccc1Cl. The van der Waals surface area contributed by atoms with Crippen LogP contribution in [0.2, 0.25) is 10.0 Å². The van der Waals surface area contributed by atoms with Crippen LogP contribution >= 0.6 is 50.9 Å². The lowest BCUT2D eigenvalue weighted by molar-refractivity contribution is -0.113. The predicted molar refractivity (Wildman–Crippen MR) is 97.4 cm³/mol. The van der Waals surface area contributed by atoms with Crippen molar-refractivity contribution < 1.29 is 4.79 Å². The first-order valence-corrected chi connectivity index (χ1v) is 8.94. The van der Waals surface area contributed by atoms with Crippen LogP contribution in [0.5, 0.6) is 0 Å². The first kappa shape index (κ1) is 16.6. The third-order valence-electron chi connectivity index (χ3n) is 2.82. The fraction of sp³-hybridized carbons (Fsp3) is 0.0714. The van der Waals surface area contributed by atoms with Crippen molar-refractivity contribution in [2.75, 3.05) is 11.1 Å². The van der Waals surface area contributed by atoms with Crippen LogP contribution in [0.15, 0.2) is 40.1 Å².